The van der Waals surface area contributed by atoms with Gasteiger partial charge in [0.25, 0.3) is 0 Å². The molecule has 0 radical (unpaired) electrons. The van der Waals surface area contributed by atoms with Gasteiger partial charge in [-0.2, -0.15) is 0 Å². The van der Waals surface area contributed by atoms with Crippen molar-refractivity contribution in [1.82, 2.24) is 20.7 Å². The van der Waals surface area contributed by atoms with Gasteiger partial charge in [0.1, 0.15) is 0 Å². The van der Waals surface area contributed by atoms with Gasteiger partial charge in [0.2, 0.25) is 0 Å². The number of nitrogens with zero attached hydrogens (tertiary/aromatic N) is 2. The summed E-state index contributed by atoms with van der Waals surface area (Å²) in [6, 6.07) is 6.36. The van der Waals surface area contributed by atoms with Crippen LogP contribution in [0.4, 0.5) is 0 Å². The van der Waals surface area contributed by atoms with E-state index in [0.29, 0.717) is 0 Å². The zero-order valence-corrected chi connectivity index (χ0v) is 15.9. The van der Waals surface area contributed by atoms with Crippen LogP contribution in [0.5, 0.6) is 0 Å². The maximum atomic E-state index is 12.4. The van der Waals surface area contributed by atoms with E-state index >= 15 is 0 Å². The van der Waals surface area contributed by atoms with E-state index in [1.165, 1.54) is 24.0 Å². The molecule has 26 heavy (non-hydrogen) atoms. The van der Waals surface area contributed by atoms with Gasteiger partial charge in [0.05, 0.1) is 6.04 Å². The van der Waals surface area contributed by atoms with E-state index in [1.807, 2.05) is 11.9 Å². The molecule has 1 fully saturated rings. The van der Waals surface area contributed by atoms with Crippen molar-refractivity contribution < 1.29 is 9.59 Å². The molecule has 1 aliphatic heterocycles. The van der Waals surface area contributed by atoms with Gasteiger partial charge in [-0.3, -0.25) is 15.0 Å². The minimum absolute atomic E-state index is 0.132. The molecule has 3 rings (SSSR count). The lowest BCUT2D eigenvalue weighted by Crippen LogP contribution is -2.55. The van der Waals surface area contributed by atoms with Crippen molar-refractivity contribution in [3.8, 4) is 0 Å². The molecule has 6 heteroatoms. The Balaban J connectivity index is 1.58. The molecule has 1 heterocycles. The first-order valence-electron chi connectivity index (χ1n) is 9.73. The fraction of sp³-hybridized carbons (Fsp3) is 0.600. The van der Waals surface area contributed by atoms with Crippen molar-refractivity contribution in [2.75, 3.05) is 33.2 Å². The Bertz CT molecular complexity index is 653. The minimum atomic E-state index is -0.578. The fourth-order valence-electron chi connectivity index (χ4n) is 3.73. The van der Waals surface area contributed by atoms with Crippen LogP contribution >= 0.6 is 0 Å². The maximum absolute atomic E-state index is 12.4. The van der Waals surface area contributed by atoms with Crippen LogP contribution in [0.3, 0.4) is 0 Å². The number of benzene rings is 1. The second kappa shape index (κ2) is 8.64. The number of piperazine rings is 1. The van der Waals surface area contributed by atoms with Crippen molar-refractivity contribution in [2.24, 2.45) is 0 Å². The van der Waals surface area contributed by atoms with Crippen LogP contribution in [0.2, 0.25) is 0 Å². The molecule has 1 atom stereocenters. The number of hydrogen-bond acceptors (Lipinski definition) is 4. The Morgan fingerprint density at radius 3 is 2.42 bits per heavy atom. The van der Waals surface area contributed by atoms with Crippen LogP contribution in [0.25, 0.3) is 0 Å². The average Bonchev–Trinajstić information content (AvgIpc) is 2.67. The van der Waals surface area contributed by atoms with Gasteiger partial charge >= 0.3 is 11.8 Å². The topological polar surface area (TPSA) is 64.7 Å². The SMILES string of the molecule is CCC(NC(=O)C(=O)NN1CCN(C)CC1)c1ccc2c(c1)CCCC2. The normalized spacial score (nSPS) is 19.5. The number of nitrogens with one attached hydrogen (secondary N) is 2. The van der Waals surface area contributed by atoms with Crippen LogP contribution < -0.4 is 10.7 Å². The highest BCUT2D eigenvalue weighted by Gasteiger charge is 2.23. The number of carbonyl (C=O) groups is 2. The summed E-state index contributed by atoms with van der Waals surface area (Å²) in [5.41, 5.74) is 6.63. The molecule has 2 amide bonds. The first-order chi connectivity index (χ1) is 12.6. The quantitative estimate of drug-likeness (QED) is 0.799. The molecular weight excluding hydrogens is 328 g/mol. The molecule has 1 unspecified atom stereocenters. The molecule has 0 saturated carbocycles. The second-order valence-electron chi connectivity index (χ2n) is 7.40. The number of fused-ring (bicyclic) bond motifs is 1. The Labute approximate surface area is 155 Å². The molecule has 2 N–H and O–H groups in total. The number of amides is 2. The lowest BCUT2D eigenvalue weighted by atomic mass is 9.89. The van der Waals surface area contributed by atoms with Gasteiger partial charge in [-0.05, 0) is 55.8 Å². The first kappa shape index (κ1) is 18.9. The predicted molar refractivity (Wildman–Crippen MR) is 101 cm³/mol. The number of likely N-dealkylation sites (N-methyl/N-ethyl adjacent to an activating group) is 1. The summed E-state index contributed by atoms with van der Waals surface area (Å²) in [5, 5.41) is 4.72. The monoisotopic (exact) mass is 358 g/mol. The number of hydrazine groups is 1. The highest BCUT2D eigenvalue weighted by molar-refractivity contribution is 6.35. The van der Waals surface area contributed by atoms with Gasteiger partial charge in [-0.15, -0.1) is 0 Å². The Morgan fingerprint density at radius 1 is 1.04 bits per heavy atom. The maximum Gasteiger partial charge on any atom is 0.323 e. The lowest BCUT2D eigenvalue weighted by molar-refractivity contribution is -0.143. The second-order valence-corrected chi connectivity index (χ2v) is 7.40. The van der Waals surface area contributed by atoms with E-state index in [2.05, 4.69) is 40.9 Å². The fourth-order valence-corrected chi connectivity index (χ4v) is 3.73. The molecular formula is C20H30N4O2. The molecule has 0 spiro atoms. The van der Waals surface area contributed by atoms with Gasteiger partial charge in [-0.25, -0.2) is 5.01 Å². The van der Waals surface area contributed by atoms with Gasteiger partial charge < -0.3 is 10.2 Å². The van der Waals surface area contributed by atoms with E-state index in [4.69, 9.17) is 0 Å². The summed E-state index contributed by atoms with van der Waals surface area (Å²) in [4.78, 5) is 26.8. The van der Waals surface area contributed by atoms with Gasteiger partial charge in [-0.1, -0.05) is 25.1 Å². The molecule has 0 bridgehead atoms. The molecule has 1 aliphatic carbocycles. The smallest absolute Gasteiger partial charge is 0.323 e. The van der Waals surface area contributed by atoms with Crippen molar-refractivity contribution >= 4 is 11.8 Å². The van der Waals surface area contributed by atoms with Crippen LogP contribution in [0.1, 0.15) is 48.9 Å². The highest BCUT2D eigenvalue weighted by atomic mass is 16.2. The van der Waals surface area contributed by atoms with Gasteiger partial charge in [0.15, 0.2) is 0 Å². The third-order valence-corrected chi connectivity index (χ3v) is 5.46. The predicted octanol–water partition coefficient (Wildman–Crippen LogP) is 1.41. The Morgan fingerprint density at radius 2 is 1.73 bits per heavy atom. The standard InChI is InChI=1S/C20H30N4O2/c1-3-18(17-9-8-15-6-4-5-7-16(15)14-17)21-19(25)20(26)22-24-12-10-23(2)11-13-24/h8-9,14,18H,3-7,10-13H2,1-2H3,(H,21,25)(H,22,26). The highest BCUT2D eigenvalue weighted by Crippen LogP contribution is 2.26. The number of aryl methyl sites for hydroxylation is 2. The van der Waals surface area contributed by atoms with Crippen molar-refractivity contribution in [3.05, 3.63) is 34.9 Å². The Kier molecular flexibility index (Phi) is 6.27. The first-order valence-corrected chi connectivity index (χ1v) is 9.73. The molecule has 6 nitrogen and oxygen atoms in total. The number of hydrogen-bond donors (Lipinski definition) is 2. The molecule has 2 aliphatic rings. The van der Waals surface area contributed by atoms with E-state index in [1.54, 1.807) is 0 Å². The summed E-state index contributed by atoms with van der Waals surface area (Å²) in [5.74, 6) is -1.14. The largest absolute Gasteiger partial charge is 0.341 e. The lowest BCUT2D eigenvalue weighted by Gasteiger charge is -2.32. The molecule has 1 saturated heterocycles. The Hall–Kier alpha value is -1.92. The van der Waals surface area contributed by atoms with Crippen molar-refractivity contribution in [2.45, 2.75) is 45.1 Å². The van der Waals surface area contributed by atoms with Gasteiger partial charge in [0, 0.05) is 26.2 Å². The van der Waals surface area contributed by atoms with E-state index in [0.717, 1.165) is 51.0 Å². The van der Waals surface area contributed by atoms with Crippen molar-refractivity contribution in [1.29, 1.82) is 0 Å². The summed E-state index contributed by atoms with van der Waals surface area (Å²) < 4.78 is 0. The van der Waals surface area contributed by atoms with E-state index in [-0.39, 0.29) is 6.04 Å². The summed E-state index contributed by atoms with van der Waals surface area (Å²) in [6.07, 6.45) is 5.50. The van der Waals surface area contributed by atoms with Crippen LogP contribution in [0, 0.1) is 0 Å². The van der Waals surface area contributed by atoms with Crippen molar-refractivity contribution in [3.63, 3.8) is 0 Å². The zero-order valence-electron chi connectivity index (χ0n) is 15.9. The minimum Gasteiger partial charge on any atom is -0.341 e. The average molecular weight is 358 g/mol. The summed E-state index contributed by atoms with van der Waals surface area (Å²) in [6.45, 7) is 5.26. The summed E-state index contributed by atoms with van der Waals surface area (Å²) in [7, 11) is 2.05. The molecule has 1 aromatic rings. The number of rotatable bonds is 4. The van der Waals surface area contributed by atoms with Crippen LogP contribution in [-0.2, 0) is 22.4 Å². The zero-order chi connectivity index (χ0) is 18.5. The summed E-state index contributed by atoms with van der Waals surface area (Å²) >= 11 is 0. The number of carbonyl (C=O) groups excluding carboxylic acids is 2. The molecule has 1 aromatic carbocycles. The van der Waals surface area contributed by atoms with Crippen LogP contribution in [-0.4, -0.2) is 54.9 Å². The third-order valence-electron chi connectivity index (χ3n) is 5.46. The van der Waals surface area contributed by atoms with E-state index < -0.39 is 11.8 Å². The van der Waals surface area contributed by atoms with E-state index in [9.17, 15) is 9.59 Å². The third kappa shape index (κ3) is 4.62. The molecule has 0 aromatic heterocycles. The molecule has 142 valence electrons. The van der Waals surface area contributed by atoms with Crippen LogP contribution in [0.15, 0.2) is 18.2 Å².